The zero-order chi connectivity index (χ0) is 12.8. The molecule has 2 nitrogen and oxygen atoms in total. The lowest BCUT2D eigenvalue weighted by atomic mass is 10.0. The molecular formula is C16H20N2. The topological polar surface area (TPSA) is 16.1 Å². The summed E-state index contributed by atoms with van der Waals surface area (Å²) in [6.07, 6.45) is 6.05. The predicted octanol–water partition coefficient (Wildman–Crippen LogP) is 3.24. The van der Waals surface area contributed by atoms with Crippen molar-refractivity contribution in [2.75, 3.05) is 20.6 Å². The van der Waals surface area contributed by atoms with Crippen LogP contribution in [0.3, 0.4) is 0 Å². The molecule has 0 unspecified atom stereocenters. The molecule has 1 aromatic heterocycles. The van der Waals surface area contributed by atoms with E-state index in [1.807, 2.05) is 18.5 Å². The second kappa shape index (κ2) is 6.31. The van der Waals surface area contributed by atoms with Gasteiger partial charge in [-0.1, -0.05) is 30.3 Å². The van der Waals surface area contributed by atoms with E-state index in [9.17, 15) is 0 Å². The molecule has 0 fully saturated rings. The number of benzene rings is 1. The van der Waals surface area contributed by atoms with Crippen LogP contribution in [0, 0.1) is 0 Å². The lowest BCUT2D eigenvalue weighted by molar-refractivity contribution is 0.400. The van der Waals surface area contributed by atoms with E-state index in [4.69, 9.17) is 0 Å². The van der Waals surface area contributed by atoms with E-state index in [1.54, 1.807) is 0 Å². The van der Waals surface area contributed by atoms with Crippen molar-refractivity contribution in [3.8, 4) is 11.1 Å². The molecule has 0 aliphatic carbocycles. The molecule has 94 valence electrons. The largest absolute Gasteiger partial charge is 0.309 e. The van der Waals surface area contributed by atoms with E-state index < -0.39 is 0 Å². The minimum atomic E-state index is 1.13. The van der Waals surface area contributed by atoms with Crippen molar-refractivity contribution in [1.82, 2.24) is 9.88 Å². The van der Waals surface area contributed by atoms with Gasteiger partial charge in [0.25, 0.3) is 0 Å². The fourth-order valence-electron chi connectivity index (χ4n) is 2.04. The van der Waals surface area contributed by atoms with E-state index in [1.165, 1.54) is 23.1 Å². The normalized spacial score (nSPS) is 10.8. The summed E-state index contributed by atoms with van der Waals surface area (Å²) < 4.78 is 0. The maximum absolute atomic E-state index is 4.17. The molecule has 0 aliphatic heterocycles. The number of hydrogen-bond donors (Lipinski definition) is 0. The third-order valence-corrected chi connectivity index (χ3v) is 2.99. The molecule has 0 atom stereocenters. The second-order valence-electron chi connectivity index (χ2n) is 4.85. The molecule has 18 heavy (non-hydrogen) atoms. The van der Waals surface area contributed by atoms with Crippen LogP contribution < -0.4 is 0 Å². The van der Waals surface area contributed by atoms with Crippen molar-refractivity contribution in [2.45, 2.75) is 12.8 Å². The van der Waals surface area contributed by atoms with Gasteiger partial charge in [-0.2, -0.15) is 0 Å². The van der Waals surface area contributed by atoms with Crippen LogP contribution in [0.5, 0.6) is 0 Å². The summed E-state index contributed by atoms with van der Waals surface area (Å²) in [6, 6.07) is 12.8. The summed E-state index contributed by atoms with van der Waals surface area (Å²) >= 11 is 0. The van der Waals surface area contributed by atoms with Gasteiger partial charge in [0.15, 0.2) is 0 Å². The minimum absolute atomic E-state index is 1.13. The van der Waals surface area contributed by atoms with Crippen LogP contribution in [0.15, 0.2) is 48.8 Å². The lowest BCUT2D eigenvalue weighted by Gasteiger charge is -2.09. The molecule has 2 heteroatoms. The average molecular weight is 240 g/mol. The third-order valence-electron chi connectivity index (χ3n) is 2.99. The first kappa shape index (κ1) is 12.8. The van der Waals surface area contributed by atoms with Gasteiger partial charge in [0, 0.05) is 12.4 Å². The van der Waals surface area contributed by atoms with E-state index in [2.05, 4.69) is 54.3 Å². The van der Waals surface area contributed by atoms with Crippen LogP contribution in [0.1, 0.15) is 12.0 Å². The van der Waals surface area contributed by atoms with Crippen molar-refractivity contribution in [2.24, 2.45) is 0 Å². The quantitative estimate of drug-likeness (QED) is 0.797. The Morgan fingerprint density at radius 1 is 1.06 bits per heavy atom. The van der Waals surface area contributed by atoms with Gasteiger partial charge >= 0.3 is 0 Å². The number of aryl methyl sites for hydroxylation is 1. The van der Waals surface area contributed by atoms with Gasteiger partial charge in [-0.05, 0) is 56.2 Å². The SMILES string of the molecule is CN(C)CCCc1cccc(-c2cccnc2)c1. The standard InChI is InChI=1S/C16H20N2/c1-18(2)11-5-7-14-6-3-8-15(12-14)16-9-4-10-17-13-16/h3-4,6,8-10,12-13H,5,7,11H2,1-2H3. The Labute approximate surface area is 109 Å². The summed E-state index contributed by atoms with van der Waals surface area (Å²) in [4.78, 5) is 6.40. The molecule has 0 spiro atoms. The first-order valence-electron chi connectivity index (χ1n) is 6.40. The highest BCUT2D eigenvalue weighted by Gasteiger charge is 1.99. The summed E-state index contributed by atoms with van der Waals surface area (Å²) in [5.74, 6) is 0. The first-order valence-corrected chi connectivity index (χ1v) is 6.40. The third kappa shape index (κ3) is 3.67. The average Bonchev–Trinajstić information content (AvgIpc) is 2.40. The Morgan fingerprint density at radius 2 is 1.89 bits per heavy atom. The Bertz CT molecular complexity index is 477. The Hall–Kier alpha value is -1.67. The van der Waals surface area contributed by atoms with Crippen molar-refractivity contribution in [3.05, 3.63) is 54.4 Å². The highest BCUT2D eigenvalue weighted by Crippen LogP contribution is 2.19. The van der Waals surface area contributed by atoms with Gasteiger partial charge < -0.3 is 4.90 Å². The van der Waals surface area contributed by atoms with Gasteiger partial charge in [0.1, 0.15) is 0 Å². The predicted molar refractivity (Wildman–Crippen MR) is 76.5 cm³/mol. The molecule has 0 amide bonds. The molecular weight excluding hydrogens is 220 g/mol. The number of pyridine rings is 1. The van der Waals surface area contributed by atoms with Crippen LogP contribution in [0.4, 0.5) is 0 Å². The maximum atomic E-state index is 4.17. The zero-order valence-corrected chi connectivity index (χ0v) is 11.1. The molecule has 1 aromatic carbocycles. The van der Waals surface area contributed by atoms with E-state index in [0.717, 1.165) is 13.0 Å². The number of rotatable bonds is 5. The lowest BCUT2D eigenvalue weighted by Crippen LogP contribution is -2.13. The van der Waals surface area contributed by atoms with Crippen molar-refractivity contribution >= 4 is 0 Å². The molecule has 0 bridgehead atoms. The Balaban J connectivity index is 2.06. The smallest absolute Gasteiger partial charge is 0.0346 e. The molecule has 0 N–H and O–H groups in total. The summed E-state index contributed by atoms with van der Waals surface area (Å²) in [6.45, 7) is 1.14. The van der Waals surface area contributed by atoms with Gasteiger partial charge in [0.05, 0.1) is 0 Å². The maximum Gasteiger partial charge on any atom is 0.0346 e. The van der Waals surface area contributed by atoms with Gasteiger partial charge in [-0.3, -0.25) is 4.98 Å². The molecule has 2 rings (SSSR count). The highest BCUT2D eigenvalue weighted by molar-refractivity contribution is 5.62. The second-order valence-corrected chi connectivity index (χ2v) is 4.85. The van der Waals surface area contributed by atoms with Gasteiger partial charge in [0.2, 0.25) is 0 Å². The summed E-state index contributed by atoms with van der Waals surface area (Å²) in [5.41, 5.74) is 3.84. The summed E-state index contributed by atoms with van der Waals surface area (Å²) in [5, 5.41) is 0. The van der Waals surface area contributed by atoms with Crippen LogP contribution in [-0.4, -0.2) is 30.5 Å². The van der Waals surface area contributed by atoms with Crippen LogP contribution >= 0.6 is 0 Å². The van der Waals surface area contributed by atoms with Crippen molar-refractivity contribution < 1.29 is 0 Å². The number of hydrogen-bond acceptors (Lipinski definition) is 2. The number of aromatic nitrogens is 1. The molecule has 0 saturated carbocycles. The molecule has 1 heterocycles. The molecule has 0 aliphatic rings. The van der Waals surface area contributed by atoms with E-state index in [-0.39, 0.29) is 0 Å². The van der Waals surface area contributed by atoms with E-state index >= 15 is 0 Å². The monoisotopic (exact) mass is 240 g/mol. The summed E-state index contributed by atoms with van der Waals surface area (Å²) in [7, 11) is 4.23. The first-order chi connectivity index (χ1) is 8.75. The molecule has 0 saturated heterocycles. The van der Waals surface area contributed by atoms with Crippen molar-refractivity contribution in [3.63, 3.8) is 0 Å². The fourth-order valence-corrected chi connectivity index (χ4v) is 2.04. The van der Waals surface area contributed by atoms with Crippen LogP contribution in [0.2, 0.25) is 0 Å². The van der Waals surface area contributed by atoms with Gasteiger partial charge in [-0.25, -0.2) is 0 Å². The van der Waals surface area contributed by atoms with Crippen molar-refractivity contribution in [1.29, 1.82) is 0 Å². The Morgan fingerprint density at radius 3 is 2.61 bits per heavy atom. The highest BCUT2D eigenvalue weighted by atomic mass is 15.0. The van der Waals surface area contributed by atoms with E-state index in [0.29, 0.717) is 0 Å². The zero-order valence-electron chi connectivity index (χ0n) is 11.1. The molecule has 0 radical (unpaired) electrons. The Kier molecular flexibility index (Phi) is 4.48. The van der Waals surface area contributed by atoms with Crippen LogP contribution in [0.25, 0.3) is 11.1 Å². The minimum Gasteiger partial charge on any atom is -0.309 e. The molecule has 2 aromatic rings. The number of nitrogens with zero attached hydrogens (tertiary/aromatic N) is 2. The van der Waals surface area contributed by atoms with Gasteiger partial charge in [-0.15, -0.1) is 0 Å². The fraction of sp³-hybridized carbons (Fsp3) is 0.312. The van der Waals surface area contributed by atoms with Crippen LogP contribution in [-0.2, 0) is 6.42 Å².